The molecule has 0 radical (unpaired) electrons. The van der Waals surface area contributed by atoms with E-state index in [4.69, 9.17) is 0 Å². The van der Waals surface area contributed by atoms with Gasteiger partial charge in [0.25, 0.3) is 0 Å². The summed E-state index contributed by atoms with van der Waals surface area (Å²) in [5.41, 5.74) is 0. The summed E-state index contributed by atoms with van der Waals surface area (Å²) in [7, 11) is 0. The van der Waals surface area contributed by atoms with Gasteiger partial charge in [0.2, 0.25) is 0 Å². The van der Waals surface area contributed by atoms with Gasteiger partial charge in [0.05, 0.1) is 4.88 Å². The number of Topliss-reactive ketones (excluding diaryl/α,β-unsaturated/α-hetero) is 1. The first-order valence-electron chi connectivity index (χ1n) is 4.55. The van der Waals surface area contributed by atoms with Gasteiger partial charge in [-0.15, -0.1) is 11.3 Å². The smallest absolute Gasteiger partial charge is 0.293 e. The Balaban J connectivity index is 2.37. The fraction of sp³-hybridized carbons (Fsp3) is 0.500. The molecule has 1 rings (SSSR count). The molecule has 5 heteroatoms. The van der Waals surface area contributed by atoms with Crippen LogP contribution < -0.4 is 0 Å². The lowest BCUT2D eigenvalue weighted by Gasteiger charge is -2.04. The molecular formula is C10H11F3OS. The minimum Gasteiger partial charge on any atom is -0.293 e. The molecule has 0 unspecified atom stereocenters. The van der Waals surface area contributed by atoms with Gasteiger partial charge < -0.3 is 0 Å². The second kappa shape index (κ2) is 4.79. The highest BCUT2D eigenvalue weighted by Crippen LogP contribution is 2.24. The third-order valence-corrected chi connectivity index (χ3v) is 2.92. The molecule has 0 saturated heterocycles. The van der Waals surface area contributed by atoms with E-state index < -0.39 is 12.6 Å². The van der Waals surface area contributed by atoms with Crippen molar-refractivity contribution >= 4 is 17.1 Å². The van der Waals surface area contributed by atoms with Gasteiger partial charge in [0.1, 0.15) is 0 Å². The number of alkyl halides is 3. The van der Waals surface area contributed by atoms with Gasteiger partial charge in [-0.2, -0.15) is 13.2 Å². The summed E-state index contributed by atoms with van der Waals surface area (Å²) in [6, 6.07) is 3.46. The summed E-state index contributed by atoms with van der Waals surface area (Å²) in [5.74, 6) is -0.197. The van der Waals surface area contributed by atoms with Crippen molar-refractivity contribution in [1.29, 1.82) is 0 Å². The molecule has 0 fully saturated rings. The van der Waals surface area contributed by atoms with E-state index in [1.807, 2.05) is 6.92 Å². The number of carbonyl (C=O) groups excluding carboxylic acids is 1. The molecule has 0 saturated carbocycles. The molecular weight excluding hydrogens is 225 g/mol. The van der Waals surface area contributed by atoms with Gasteiger partial charge in [-0.05, 0) is 25.5 Å². The number of hydrogen-bond acceptors (Lipinski definition) is 2. The first kappa shape index (κ1) is 12.2. The molecule has 0 aliphatic carbocycles. The second-order valence-electron chi connectivity index (χ2n) is 3.30. The number of aryl methyl sites for hydroxylation is 1. The summed E-state index contributed by atoms with van der Waals surface area (Å²) in [6.45, 7) is 1.86. The number of hydrogen-bond donors (Lipinski definition) is 0. The first-order valence-corrected chi connectivity index (χ1v) is 5.36. The Morgan fingerprint density at radius 2 is 2.07 bits per heavy atom. The third kappa shape index (κ3) is 4.46. The second-order valence-corrected chi connectivity index (χ2v) is 4.59. The van der Waals surface area contributed by atoms with E-state index in [9.17, 15) is 18.0 Å². The zero-order valence-corrected chi connectivity index (χ0v) is 9.04. The molecule has 15 heavy (non-hydrogen) atoms. The average Bonchev–Trinajstić information content (AvgIpc) is 2.49. The Hall–Kier alpha value is -0.840. The van der Waals surface area contributed by atoms with Crippen LogP contribution in [-0.4, -0.2) is 12.0 Å². The largest absolute Gasteiger partial charge is 0.389 e. The summed E-state index contributed by atoms with van der Waals surface area (Å²) < 4.78 is 35.4. The number of ketones is 1. The quantitative estimate of drug-likeness (QED) is 0.723. The third-order valence-electron chi connectivity index (χ3n) is 1.88. The summed E-state index contributed by atoms with van der Waals surface area (Å²) >= 11 is 1.32. The van der Waals surface area contributed by atoms with Crippen LogP contribution in [0.1, 0.15) is 33.8 Å². The maximum absolute atomic E-state index is 11.8. The van der Waals surface area contributed by atoms with Crippen LogP contribution in [0.15, 0.2) is 12.1 Å². The van der Waals surface area contributed by atoms with Crippen LogP contribution >= 0.6 is 11.3 Å². The van der Waals surface area contributed by atoms with Crippen LogP contribution in [0.2, 0.25) is 0 Å². The van der Waals surface area contributed by atoms with E-state index >= 15 is 0 Å². The molecule has 0 N–H and O–H groups in total. The maximum atomic E-state index is 11.8. The van der Waals surface area contributed by atoms with Gasteiger partial charge in [0, 0.05) is 17.7 Å². The lowest BCUT2D eigenvalue weighted by atomic mass is 10.1. The molecule has 0 atom stereocenters. The first-order chi connectivity index (χ1) is 6.88. The van der Waals surface area contributed by atoms with Crippen molar-refractivity contribution in [3.05, 3.63) is 21.9 Å². The van der Waals surface area contributed by atoms with Gasteiger partial charge >= 0.3 is 6.18 Å². The lowest BCUT2D eigenvalue weighted by molar-refractivity contribution is -0.135. The van der Waals surface area contributed by atoms with E-state index in [1.165, 1.54) is 11.3 Å². The lowest BCUT2D eigenvalue weighted by Crippen LogP contribution is -2.08. The molecule has 1 nitrogen and oxygen atoms in total. The van der Waals surface area contributed by atoms with Crippen molar-refractivity contribution in [2.75, 3.05) is 0 Å². The fourth-order valence-electron chi connectivity index (χ4n) is 1.16. The van der Waals surface area contributed by atoms with Crippen molar-refractivity contribution in [2.45, 2.75) is 32.4 Å². The highest BCUT2D eigenvalue weighted by molar-refractivity contribution is 7.14. The van der Waals surface area contributed by atoms with E-state index in [0.29, 0.717) is 4.88 Å². The van der Waals surface area contributed by atoms with Gasteiger partial charge in [-0.1, -0.05) is 0 Å². The van der Waals surface area contributed by atoms with Crippen molar-refractivity contribution in [1.82, 2.24) is 0 Å². The van der Waals surface area contributed by atoms with Crippen LogP contribution in [0.3, 0.4) is 0 Å². The van der Waals surface area contributed by atoms with E-state index in [0.717, 1.165) is 4.88 Å². The monoisotopic (exact) mass is 236 g/mol. The molecule has 0 bridgehead atoms. The summed E-state index contributed by atoms with van der Waals surface area (Å²) in [6.07, 6.45) is -5.20. The number of thiophene rings is 1. The highest BCUT2D eigenvalue weighted by atomic mass is 32.1. The standard InChI is InChI=1S/C10H11F3OS/c1-7-4-5-9(15-7)8(14)3-2-6-10(11,12)13/h4-5H,2-3,6H2,1H3. The number of carbonyl (C=O) groups is 1. The predicted octanol–water partition coefficient (Wildman–Crippen LogP) is 3.97. The summed E-state index contributed by atoms with van der Waals surface area (Å²) in [5, 5.41) is 0. The van der Waals surface area contributed by atoms with E-state index in [2.05, 4.69) is 0 Å². The van der Waals surface area contributed by atoms with Gasteiger partial charge in [-0.25, -0.2) is 0 Å². The van der Waals surface area contributed by atoms with E-state index in [1.54, 1.807) is 12.1 Å². The van der Waals surface area contributed by atoms with Gasteiger partial charge in [-0.3, -0.25) is 4.79 Å². The minimum atomic E-state index is -4.16. The van der Waals surface area contributed by atoms with Crippen molar-refractivity contribution < 1.29 is 18.0 Å². The topological polar surface area (TPSA) is 17.1 Å². The molecule has 0 spiro atoms. The Labute approximate surface area is 89.9 Å². The van der Waals surface area contributed by atoms with Crippen molar-refractivity contribution in [3.63, 3.8) is 0 Å². The molecule has 0 aliphatic heterocycles. The Bertz CT molecular complexity index is 341. The molecule has 1 aromatic heterocycles. The predicted molar refractivity (Wildman–Crippen MR) is 53.3 cm³/mol. The molecule has 1 heterocycles. The van der Waals surface area contributed by atoms with Crippen molar-refractivity contribution in [3.8, 4) is 0 Å². The normalized spacial score (nSPS) is 11.7. The van der Waals surface area contributed by atoms with Crippen LogP contribution in [-0.2, 0) is 0 Å². The molecule has 0 amide bonds. The molecule has 0 aromatic carbocycles. The van der Waals surface area contributed by atoms with Gasteiger partial charge in [0.15, 0.2) is 5.78 Å². The SMILES string of the molecule is Cc1ccc(C(=O)CCCC(F)(F)F)s1. The molecule has 1 aromatic rings. The molecule has 84 valence electrons. The van der Waals surface area contributed by atoms with Crippen LogP contribution in [0.4, 0.5) is 13.2 Å². The van der Waals surface area contributed by atoms with Crippen molar-refractivity contribution in [2.24, 2.45) is 0 Å². The average molecular weight is 236 g/mol. The maximum Gasteiger partial charge on any atom is 0.389 e. The zero-order valence-electron chi connectivity index (χ0n) is 8.23. The minimum absolute atomic E-state index is 0.0283. The Kier molecular flexibility index (Phi) is 3.90. The Morgan fingerprint density at radius 1 is 1.40 bits per heavy atom. The van der Waals surface area contributed by atoms with Crippen LogP contribution in [0.25, 0.3) is 0 Å². The van der Waals surface area contributed by atoms with Crippen LogP contribution in [0.5, 0.6) is 0 Å². The molecule has 0 aliphatic rings. The van der Waals surface area contributed by atoms with E-state index in [-0.39, 0.29) is 18.6 Å². The number of rotatable bonds is 4. The summed E-state index contributed by atoms with van der Waals surface area (Å²) in [4.78, 5) is 12.9. The number of halogens is 3. The zero-order chi connectivity index (χ0) is 11.5. The highest BCUT2D eigenvalue weighted by Gasteiger charge is 2.26. The Morgan fingerprint density at radius 3 is 2.53 bits per heavy atom. The fourth-order valence-corrected chi connectivity index (χ4v) is 1.99. The van der Waals surface area contributed by atoms with Crippen LogP contribution in [0, 0.1) is 6.92 Å².